The monoisotopic (exact) mass is 374 g/mol. The van der Waals surface area contributed by atoms with Crippen LogP contribution in [0.5, 0.6) is 0 Å². The molecule has 0 aliphatic heterocycles. The number of nitrogens with zero attached hydrogens (tertiary/aromatic N) is 1. The molecule has 0 atom stereocenters. The fourth-order valence-electron chi connectivity index (χ4n) is 1.87. The van der Waals surface area contributed by atoms with Gasteiger partial charge in [-0.25, -0.2) is 8.42 Å². The van der Waals surface area contributed by atoms with Gasteiger partial charge in [0.15, 0.2) is 0 Å². The normalized spacial score (nSPS) is 12.1. The van der Waals surface area contributed by atoms with Crippen LogP contribution >= 0.6 is 15.9 Å². The molecule has 0 bridgehead atoms. The molecular weight excluding hydrogens is 352 g/mol. The molecule has 0 radical (unpaired) electrons. The van der Waals surface area contributed by atoms with Crippen molar-refractivity contribution in [3.63, 3.8) is 0 Å². The average Bonchev–Trinajstić information content (AvgIpc) is 2.39. The maximum atomic E-state index is 12.6. The first-order valence-electron chi connectivity index (χ1n) is 6.79. The lowest BCUT2D eigenvalue weighted by Crippen LogP contribution is -2.28. The molecule has 21 heavy (non-hydrogen) atoms. The van der Waals surface area contributed by atoms with E-state index in [9.17, 15) is 8.42 Å². The number of hydrogen-bond donors (Lipinski definition) is 1. The molecule has 0 aliphatic rings. The van der Waals surface area contributed by atoms with E-state index in [1.165, 1.54) is 4.31 Å². The zero-order valence-electron chi connectivity index (χ0n) is 13.0. The summed E-state index contributed by atoms with van der Waals surface area (Å²) in [6.07, 6.45) is 1.57. The summed E-state index contributed by atoms with van der Waals surface area (Å²) in [6, 6.07) is 4.06. The Morgan fingerprint density at radius 1 is 1.43 bits per heavy atom. The second-order valence-electron chi connectivity index (χ2n) is 5.33. The third-order valence-electron chi connectivity index (χ3n) is 3.07. The van der Waals surface area contributed by atoms with Crippen LogP contribution in [-0.4, -0.2) is 32.4 Å². The minimum absolute atomic E-state index is 0.280. The van der Waals surface area contributed by atoms with Gasteiger partial charge < -0.3 is 5.32 Å². The van der Waals surface area contributed by atoms with Crippen molar-refractivity contribution >= 4 is 26.0 Å². The van der Waals surface area contributed by atoms with Crippen LogP contribution in [0, 0.1) is 6.92 Å². The van der Waals surface area contributed by atoms with Crippen molar-refractivity contribution in [3.05, 3.63) is 40.4 Å². The predicted molar refractivity (Wildman–Crippen MR) is 90.9 cm³/mol. The number of hydrogen-bond acceptors (Lipinski definition) is 3. The van der Waals surface area contributed by atoms with Gasteiger partial charge in [-0.3, -0.25) is 0 Å². The van der Waals surface area contributed by atoms with E-state index < -0.39 is 10.0 Å². The van der Waals surface area contributed by atoms with E-state index in [4.69, 9.17) is 0 Å². The fraction of sp³-hybridized carbons (Fsp3) is 0.467. The minimum atomic E-state index is -3.53. The highest BCUT2D eigenvalue weighted by atomic mass is 79.9. The number of likely N-dealkylation sites (N-methyl/N-ethyl adjacent to an activating group) is 1. The maximum Gasteiger partial charge on any atom is 0.244 e. The molecule has 4 nitrogen and oxygen atoms in total. The van der Waals surface area contributed by atoms with Gasteiger partial charge in [0.25, 0.3) is 0 Å². The van der Waals surface area contributed by atoms with Crippen molar-refractivity contribution in [1.29, 1.82) is 0 Å². The SMILES string of the molecule is C=CCN(C)S(=O)(=O)c1cc(CNC(C)C)cc(C)c1Br. The zero-order valence-corrected chi connectivity index (χ0v) is 15.4. The summed E-state index contributed by atoms with van der Waals surface area (Å²) < 4.78 is 27.1. The van der Waals surface area contributed by atoms with Crippen molar-refractivity contribution in [2.45, 2.75) is 38.3 Å². The summed E-state index contributed by atoms with van der Waals surface area (Å²) in [7, 11) is -1.97. The molecule has 0 aliphatic carbocycles. The third kappa shape index (κ3) is 4.64. The Bertz CT molecular complexity index is 612. The number of aryl methyl sites for hydroxylation is 1. The highest BCUT2D eigenvalue weighted by Gasteiger charge is 2.24. The smallest absolute Gasteiger partial charge is 0.244 e. The molecule has 0 spiro atoms. The predicted octanol–water partition coefficient (Wildman–Crippen LogP) is 3.06. The van der Waals surface area contributed by atoms with Gasteiger partial charge in [0.05, 0.1) is 4.90 Å². The Morgan fingerprint density at radius 2 is 2.05 bits per heavy atom. The largest absolute Gasteiger partial charge is 0.310 e. The van der Waals surface area contributed by atoms with E-state index in [2.05, 4.69) is 41.7 Å². The van der Waals surface area contributed by atoms with Gasteiger partial charge in [-0.1, -0.05) is 26.0 Å². The number of benzene rings is 1. The quantitative estimate of drug-likeness (QED) is 0.746. The molecule has 1 aromatic rings. The number of sulfonamides is 1. The van der Waals surface area contributed by atoms with Crippen LogP contribution in [-0.2, 0) is 16.6 Å². The molecule has 0 saturated heterocycles. The summed E-state index contributed by atoms with van der Waals surface area (Å²) in [6.45, 7) is 10.5. The van der Waals surface area contributed by atoms with E-state index in [1.807, 2.05) is 13.0 Å². The molecule has 1 aromatic carbocycles. The number of halogens is 1. The topological polar surface area (TPSA) is 49.4 Å². The average molecular weight is 375 g/mol. The van der Waals surface area contributed by atoms with E-state index in [0.29, 0.717) is 22.0 Å². The first-order valence-corrected chi connectivity index (χ1v) is 9.03. The maximum absolute atomic E-state index is 12.6. The second-order valence-corrected chi connectivity index (χ2v) is 8.14. The van der Waals surface area contributed by atoms with Crippen LogP contribution in [0.2, 0.25) is 0 Å². The molecule has 118 valence electrons. The standard InChI is InChI=1S/C15H23BrN2O2S/c1-6-7-18(5)21(19,20)14-9-13(10-17-11(2)3)8-12(4)15(14)16/h6,8-9,11,17H,1,7,10H2,2-5H3. The Hall–Kier alpha value is -0.690. The number of rotatable bonds is 7. The van der Waals surface area contributed by atoms with Crippen molar-refractivity contribution < 1.29 is 8.42 Å². The summed E-state index contributed by atoms with van der Waals surface area (Å²) in [4.78, 5) is 0.299. The molecular formula is C15H23BrN2O2S. The molecule has 0 saturated carbocycles. The lowest BCUT2D eigenvalue weighted by atomic mass is 10.1. The lowest BCUT2D eigenvalue weighted by Gasteiger charge is -2.18. The van der Waals surface area contributed by atoms with Crippen molar-refractivity contribution in [3.8, 4) is 0 Å². The Balaban J connectivity index is 3.25. The van der Waals surface area contributed by atoms with E-state index >= 15 is 0 Å². The van der Waals surface area contributed by atoms with Crippen molar-refractivity contribution in [1.82, 2.24) is 9.62 Å². The Labute approximate surface area is 136 Å². The molecule has 0 fully saturated rings. The van der Waals surface area contributed by atoms with Gasteiger partial charge in [0, 0.05) is 30.7 Å². The van der Waals surface area contributed by atoms with Crippen LogP contribution in [0.15, 0.2) is 34.2 Å². The van der Waals surface area contributed by atoms with Crippen LogP contribution in [0.4, 0.5) is 0 Å². The molecule has 0 heterocycles. The van der Waals surface area contributed by atoms with Gasteiger partial charge in [-0.2, -0.15) is 4.31 Å². The van der Waals surface area contributed by atoms with Gasteiger partial charge in [0.2, 0.25) is 10.0 Å². The summed E-state index contributed by atoms with van der Waals surface area (Å²) >= 11 is 3.40. The minimum Gasteiger partial charge on any atom is -0.310 e. The summed E-state index contributed by atoms with van der Waals surface area (Å²) in [5.41, 5.74) is 1.86. The highest BCUT2D eigenvalue weighted by molar-refractivity contribution is 9.10. The molecule has 6 heteroatoms. The van der Waals surface area contributed by atoms with Gasteiger partial charge in [0.1, 0.15) is 0 Å². The van der Waals surface area contributed by atoms with Gasteiger partial charge in [-0.15, -0.1) is 6.58 Å². The molecule has 0 unspecified atom stereocenters. The van der Waals surface area contributed by atoms with Crippen LogP contribution in [0.3, 0.4) is 0 Å². The van der Waals surface area contributed by atoms with Crippen LogP contribution < -0.4 is 5.32 Å². The van der Waals surface area contributed by atoms with E-state index in [1.54, 1.807) is 19.2 Å². The zero-order chi connectivity index (χ0) is 16.2. The molecule has 1 rings (SSSR count). The van der Waals surface area contributed by atoms with E-state index in [-0.39, 0.29) is 6.54 Å². The van der Waals surface area contributed by atoms with Gasteiger partial charge >= 0.3 is 0 Å². The summed E-state index contributed by atoms with van der Waals surface area (Å²) in [5, 5.41) is 3.30. The van der Waals surface area contributed by atoms with Crippen LogP contribution in [0.25, 0.3) is 0 Å². The molecule has 0 aromatic heterocycles. The lowest BCUT2D eigenvalue weighted by molar-refractivity contribution is 0.498. The Morgan fingerprint density at radius 3 is 2.57 bits per heavy atom. The first-order chi connectivity index (χ1) is 9.70. The van der Waals surface area contributed by atoms with Crippen molar-refractivity contribution in [2.24, 2.45) is 0 Å². The first kappa shape index (κ1) is 18.4. The number of nitrogens with one attached hydrogen (secondary N) is 1. The molecule has 0 amide bonds. The van der Waals surface area contributed by atoms with E-state index in [0.717, 1.165) is 11.1 Å². The molecule has 1 N–H and O–H groups in total. The van der Waals surface area contributed by atoms with Crippen LogP contribution in [0.1, 0.15) is 25.0 Å². The fourth-order valence-corrected chi connectivity index (χ4v) is 4.04. The third-order valence-corrected chi connectivity index (χ3v) is 6.23. The highest BCUT2D eigenvalue weighted by Crippen LogP contribution is 2.29. The summed E-state index contributed by atoms with van der Waals surface area (Å²) in [5.74, 6) is 0. The Kier molecular flexibility index (Phi) is 6.59. The van der Waals surface area contributed by atoms with Crippen molar-refractivity contribution in [2.75, 3.05) is 13.6 Å². The van der Waals surface area contributed by atoms with Gasteiger partial charge in [-0.05, 0) is 40.0 Å². The second kappa shape index (κ2) is 7.54.